The van der Waals surface area contributed by atoms with E-state index in [-0.39, 0.29) is 25.2 Å². The molecule has 0 aromatic heterocycles. The first kappa shape index (κ1) is 12.8. The molecule has 0 aliphatic carbocycles. The number of hydrogen-bond acceptors (Lipinski definition) is 4. The molecular formula is C12H22N2O3. The summed E-state index contributed by atoms with van der Waals surface area (Å²) in [6.07, 6.45) is 2.28. The van der Waals surface area contributed by atoms with E-state index in [2.05, 4.69) is 11.9 Å². The Hall–Kier alpha value is -0.650. The molecule has 1 atom stereocenters. The van der Waals surface area contributed by atoms with Crippen LogP contribution in [0.3, 0.4) is 0 Å². The minimum Gasteiger partial charge on any atom is -0.394 e. The van der Waals surface area contributed by atoms with Crippen molar-refractivity contribution in [2.75, 3.05) is 46.5 Å². The van der Waals surface area contributed by atoms with E-state index in [9.17, 15) is 9.90 Å². The van der Waals surface area contributed by atoms with Gasteiger partial charge in [-0.3, -0.25) is 4.79 Å². The Kier molecular flexibility index (Phi) is 4.36. The molecule has 0 saturated carbocycles. The summed E-state index contributed by atoms with van der Waals surface area (Å²) in [4.78, 5) is 15.9. The SMILES string of the molecule is CN1CCC(CN2C(=O)COCC2CO)CC1. The zero-order valence-electron chi connectivity index (χ0n) is 10.5. The van der Waals surface area contributed by atoms with Crippen LogP contribution in [0.25, 0.3) is 0 Å². The Morgan fingerprint density at radius 3 is 2.76 bits per heavy atom. The van der Waals surface area contributed by atoms with Crippen molar-refractivity contribution in [2.45, 2.75) is 18.9 Å². The highest BCUT2D eigenvalue weighted by molar-refractivity contribution is 5.78. The molecule has 0 aromatic rings. The summed E-state index contributed by atoms with van der Waals surface area (Å²) < 4.78 is 5.16. The number of hydrogen-bond donors (Lipinski definition) is 1. The number of piperidine rings is 1. The van der Waals surface area contributed by atoms with Gasteiger partial charge in [-0.1, -0.05) is 0 Å². The largest absolute Gasteiger partial charge is 0.394 e. The molecule has 1 N–H and O–H groups in total. The molecule has 0 radical (unpaired) electrons. The lowest BCUT2D eigenvalue weighted by Gasteiger charge is -2.38. The van der Waals surface area contributed by atoms with Crippen molar-refractivity contribution in [1.82, 2.24) is 9.80 Å². The van der Waals surface area contributed by atoms with E-state index in [1.807, 2.05) is 4.90 Å². The van der Waals surface area contributed by atoms with Crippen LogP contribution in [0.2, 0.25) is 0 Å². The maximum absolute atomic E-state index is 11.8. The molecule has 2 aliphatic heterocycles. The van der Waals surface area contributed by atoms with Crippen molar-refractivity contribution in [3.8, 4) is 0 Å². The van der Waals surface area contributed by atoms with E-state index in [0.717, 1.165) is 32.5 Å². The fourth-order valence-electron chi connectivity index (χ4n) is 2.58. The van der Waals surface area contributed by atoms with Crippen molar-refractivity contribution >= 4 is 5.91 Å². The van der Waals surface area contributed by atoms with Gasteiger partial charge in [-0.25, -0.2) is 0 Å². The number of ether oxygens (including phenoxy) is 1. The Balaban J connectivity index is 1.88. The fourth-order valence-corrected chi connectivity index (χ4v) is 2.58. The minimum absolute atomic E-state index is 0.00162. The molecule has 5 heteroatoms. The Morgan fingerprint density at radius 2 is 2.12 bits per heavy atom. The van der Waals surface area contributed by atoms with Gasteiger partial charge in [-0.05, 0) is 38.9 Å². The molecule has 1 unspecified atom stereocenters. The molecule has 98 valence electrons. The van der Waals surface area contributed by atoms with E-state index in [1.54, 1.807) is 0 Å². The van der Waals surface area contributed by atoms with E-state index in [1.165, 1.54) is 0 Å². The van der Waals surface area contributed by atoms with Crippen LogP contribution >= 0.6 is 0 Å². The van der Waals surface area contributed by atoms with E-state index >= 15 is 0 Å². The van der Waals surface area contributed by atoms with Crippen LogP contribution in [0.5, 0.6) is 0 Å². The summed E-state index contributed by atoms with van der Waals surface area (Å²) in [7, 11) is 2.13. The lowest BCUT2D eigenvalue weighted by Crippen LogP contribution is -2.53. The quantitative estimate of drug-likeness (QED) is 0.728. The molecule has 17 heavy (non-hydrogen) atoms. The third-order valence-electron chi connectivity index (χ3n) is 3.80. The van der Waals surface area contributed by atoms with Crippen molar-refractivity contribution in [3.05, 3.63) is 0 Å². The summed E-state index contributed by atoms with van der Waals surface area (Å²) in [5.74, 6) is 0.594. The van der Waals surface area contributed by atoms with Gasteiger partial charge in [0.2, 0.25) is 5.91 Å². The predicted molar refractivity (Wildman–Crippen MR) is 63.6 cm³/mol. The third-order valence-corrected chi connectivity index (χ3v) is 3.80. The molecule has 2 aliphatic rings. The molecule has 2 fully saturated rings. The summed E-state index contributed by atoms with van der Waals surface area (Å²) in [6, 6.07) is -0.143. The first-order valence-electron chi connectivity index (χ1n) is 6.37. The standard InChI is InChI=1S/C12H22N2O3/c1-13-4-2-10(3-5-13)6-14-11(7-15)8-17-9-12(14)16/h10-11,15H,2-9H2,1H3. The van der Waals surface area contributed by atoms with Crippen LogP contribution in [-0.4, -0.2) is 73.4 Å². The second kappa shape index (κ2) is 5.80. The molecule has 1 amide bonds. The van der Waals surface area contributed by atoms with Crippen LogP contribution in [0, 0.1) is 5.92 Å². The van der Waals surface area contributed by atoms with E-state index in [4.69, 9.17) is 4.74 Å². The molecule has 2 heterocycles. The van der Waals surface area contributed by atoms with Gasteiger partial charge in [0.25, 0.3) is 0 Å². The Labute approximate surface area is 102 Å². The number of rotatable bonds is 3. The zero-order chi connectivity index (χ0) is 12.3. The van der Waals surface area contributed by atoms with Crippen LogP contribution in [0.1, 0.15) is 12.8 Å². The highest BCUT2D eigenvalue weighted by Gasteiger charge is 2.30. The average Bonchev–Trinajstić information content (AvgIpc) is 2.34. The number of carbonyl (C=O) groups is 1. The highest BCUT2D eigenvalue weighted by atomic mass is 16.5. The lowest BCUT2D eigenvalue weighted by atomic mass is 9.95. The second-order valence-electron chi connectivity index (χ2n) is 5.14. The summed E-state index contributed by atoms with van der Waals surface area (Å²) in [5.41, 5.74) is 0. The highest BCUT2D eigenvalue weighted by Crippen LogP contribution is 2.20. The molecule has 2 rings (SSSR count). The molecule has 0 bridgehead atoms. The summed E-state index contributed by atoms with van der Waals surface area (Å²) in [5, 5.41) is 9.27. The second-order valence-corrected chi connectivity index (χ2v) is 5.14. The zero-order valence-corrected chi connectivity index (χ0v) is 10.5. The van der Waals surface area contributed by atoms with Crippen LogP contribution in [0.15, 0.2) is 0 Å². The van der Waals surface area contributed by atoms with Gasteiger partial charge in [0.05, 0.1) is 19.3 Å². The molecule has 0 aromatic carbocycles. The normalized spacial score (nSPS) is 28.7. The minimum atomic E-state index is -0.143. The van der Waals surface area contributed by atoms with Gasteiger partial charge < -0.3 is 19.6 Å². The Morgan fingerprint density at radius 1 is 1.41 bits per heavy atom. The van der Waals surface area contributed by atoms with Crippen LogP contribution < -0.4 is 0 Å². The third kappa shape index (κ3) is 3.18. The van der Waals surface area contributed by atoms with E-state index in [0.29, 0.717) is 12.5 Å². The number of carbonyl (C=O) groups excluding carboxylic acids is 1. The molecule has 0 spiro atoms. The van der Waals surface area contributed by atoms with Gasteiger partial charge in [0, 0.05) is 6.54 Å². The lowest BCUT2D eigenvalue weighted by molar-refractivity contribution is -0.151. The number of aliphatic hydroxyl groups excluding tert-OH is 1. The first-order chi connectivity index (χ1) is 8.20. The van der Waals surface area contributed by atoms with Crippen molar-refractivity contribution < 1.29 is 14.6 Å². The monoisotopic (exact) mass is 242 g/mol. The number of amides is 1. The Bertz CT molecular complexity index is 264. The summed E-state index contributed by atoms with van der Waals surface area (Å²) in [6.45, 7) is 3.62. The van der Waals surface area contributed by atoms with Crippen LogP contribution in [-0.2, 0) is 9.53 Å². The van der Waals surface area contributed by atoms with Crippen LogP contribution in [0.4, 0.5) is 0 Å². The van der Waals surface area contributed by atoms with Gasteiger partial charge in [-0.15, -0.1) is 0 Å². The fraction of sp³-hybridized carbons (Fsp3) is 0.917. The van der Waals surface area contributed by atoms with Gasteiger partial charge >= 0.3 is 0 Å². The van der Waals surface area contributed by atoms with Gasteiger partial charge in [0.1, 0.15) is 6.61 Å². The van der Waals surface area contributed by atoms with Crippen molar-refractivity contribution in [3.63, 3.8) is 0 Å². The summed E-state index contributed by atoms with van der Waals surface area (Å²) >= 11 is 0. The number of nitrogens with zero attached hydrogens (tertiary/aromatic N) is 2. The predicted octanol–water partition coefficient (Wildman–Crippen LogP) is -0.452. The molecule has 5 nitrogen and oxygen atoms in total. The van der Waals surface area contributed by atoms with E-state index < -0.39 is 0 Å². The topological polar surface area (TPSA) is 53.0 Å². The molecule has 2 saturated heterocycles. The van der Waals surface area contributed by atoms with Crippen molar-refractivity contribution in [2.24, 2.45) is 5.92 Å². The maximum atomic E-state index is 11.8. The smallest absolute Gasteiger partial charge is 0.248 e. The average molecular weight is 242 g/mol. The number of morpholine rings is 1. The maximum Gasteiger partial charge on any atom is 0.248 e. The van der Waals surface area contributed by atoms with Crippen molar-refractivity contribution in [1.29, 1.82) is 0 Å². The number of likely N-dealkylation sites (tertiary alicyclic amines) is 1. The first-order valence-corrected chi connectivity index (χ1v) is 6.37. The molecular weight excluding hydrogens is 220 g/mol. The number of aliphatic hydroxyl groups is 1. The van der Waals surface area contributed by atoms with Gasteiger partial charge in [-0.2, -0.15) is 0 Å². The van der Waals surface area contributed by atoms with Gasteiger partial charge in [0.15, 0.2) is 0 Å².